The van der Waals surface area contributed by atoms with Gasteiger partial charge in [0.2, 0.25) is 0 Å². The van der Waals surface area contributed by atoms with Crippen LogP contribution in [0.3, 0.4) is 0 Å². The Kier molecular flexibility index (Phi) is 4.30. The molecular weight excluding hydrogens is 243 g/mol. The van der Waals surface area contributed by atoms with Crippen LogP contribution in [0.5, 0.6) is 0 Å². The third-order valence-corrected chi connectivity index (χ3v) is 4.27. The maximum absolute atomic E-state index is 13.3. The van der Waals surface area contributed by atoms with Crippen LogP contribution in [0.2, 0.25) is 0 Å². The van der Waals surface area contributed by atoms with Gasteiger partial charge in [-0.15, -0.1) is 0 Å². The highest BCUT2D eigenvalue weighted by Gasteiger charge is 2.32. The number of anilines is 2. The molecule has 0 amide bonds. The molecule has 0 radical (unpaired) electrons. The van der Waals surface area contributed by atoms with E-state index >= 15 is 0 Å². The lowest BCUT2D eigenvalue weighted by atomic mass is 9.78. The lowest BCUT2D eigenvalue weighted by Gasteiger charge is -2.36. The highest BCUT2D eigenvalue weighted by molar-refractivity contribution is 5.66. The quantitative estimate of drug-likeness (QED) is 0.734. The van der Waals surface area contributed by atoms with Crippen molar-refractivity contribution in [1.82, 2.24) is 0 Å². The van der Waals surface area contributed by atoms with Crippen molar-refractivity contribution in [1.29, 1.82) is 0 Å². The molecule has 1 aliphatic rings. The van der Waals surface area contributed by atoms with Gasteiger partial charge in [-0.05, 0) is 43.7 Å². The maximum atomic E-state index is 13.3. The predicted octanol–water partition coefficient (Wildman–Crippen LogP) is 3.15. The molecular formula is C15H23FN2O. The molecule has 1 aromatic rings. The molecule has 1 fully saturated rings. The molecule has 0 heterocycles. The summed E-state index contributed by atoms with van der Waals surface area (Å²) in [5.41, 5.74) is 5.66. The second-order valence-corrected chi connectivity index (χ2v) is 5.63. The zero-order valence-corrected chi connectivity index (χ0v) is 11.5. The monoisotopic (exact) mass is 266 g/mol. The molecule has 0 bridgehead atoms. The third-order valence-electron chi connectivity index (χ3n) is 4.27. The van der Waals surface area contributed by atoms with Gasteiger partial charge in [-0.25, -0.2) is 4.39 Å². The van der Waals surface area contributed by atoms with Crippen molar-refractivity contribution in [2.75, 3.05) is 17.6 Å². The molecule has 1 aliphatic carbocycles. The number of para-hydroxylation sites is 1. The van der Waals surface area contributed by atoms with Crippen molar-refractivity contribution in [2.24, 2.45) is 5.92 Å². The van der Waals surface area contributed by atoms with Gasteiger partial charge in [0.25, 0.3) is 0 Å². The fourth-order valence-electron chi connectivity index (χ4n) is 2.75. The lowest BCUT2D eigenvalue weighted by Crippen LogP contribution is -2.40. The number of hydrogen-bond donors (Lipinski definition) is 3. The molecule has 0 saturated heterocycles. The summed E-state index contributed by atoms with van der Waals surface area (Å²) in [6.07, 6.45) is 4.91. The van der Waals surface area contributed by atoms with Crippen LogP contribution in [0.15, 0.2) is 18.2 Å². The molecule has 0 atom stereocenters. The van der Waals surface area contributed by atoms with Gasteiger partial charge in [0.05, 0.1) is 17.0 Å². The number of halogens is 1. The summed E-state index contributed by atoms with van der Waals surface area (Å²) in [4.78, 5) is 0. The summed E-state index contributed by atoms with van der Waals surface area (Å²) in [5, 5.41) is 13.6. The van der Waals surface area contributed by atoms with Crippen LogP contribution in [0.1, 0.15) is 39.0 Å². The molecule has 1 saturated carbocycles. The van der Waals surface area contributed by atoms with Crippen LogP contribution in [0.4, 0.5) is 15.8 Å². The van der Waals surface area contributed by atoms with E-state index in [4.69, 9.17) is 5.73 Å². The minimum absolute atomic E-state index is 0.119. The van der Waals surface area contributed by atoms with E-state index in [9.17, 15) is 9.50 Å². The van der Waals surface area contributed by atoms with E-state index in [1.165, 1.54) is 12.5 Å². The van der Waals surface area contributed by atoms with E-state index in [1.807, 2.05) is 0 Å². The molecule has 2 rings (SSSR count). The van der Waals surface area contributed by atoms with Crippen LogP contribution >= 0.6 is 0 Å². The molecule has 0 aromatic heterocycles. The average molecular weight is 266 g/mol. The Labute approximate surface area is 114 Å². The van der Waals surface area contributed by atoms with Gasteiger partial charge in [-0.2, -0.15) is 0 Å². The highest BCUT2D eigenvalue weighted by atomic mass is 19.1. The Morgan fingerprint density at radius 1 is 1.42 bits per heavy atom. The average Bonchev–Trinajstić information content (AvgIpc) is 2.41. The molecule has 1 aromatic carbocycles. The summed E-state index contributed by atoms with van der Waals surface area (Å²) >= 11 is 0. The van der Waals surface area contributed by atoms with Crippen molar-refractivity contribution in [3.05, 3.63) is 24.0 Å². The topological polar surface area (TPSA) is 58.3 Å². The number of nitrogens with two attached hydrogens (primary N) is 1. The third kappa shape index (κ3) is 3.38. The normalized spacial score (nSPS) is 27.2. The van der Waals surface area contributed by atoms with E-state index in [0.717, 1.165) is 31.6 Å². The fraction of sp³-hybridized carbons (Fsp3) is 0.600. The number of benzene rings is 1. The van der Waals surface area contributed by atoms with Crippen molar-refractivity contribution in [3.63, 3.8) is 0 Å². The first-order chi connectivity index (χ1) is 9.04. The SMILES string of the molecule is CCC1CCC(O)(CNc2cccc(F)c2N)CC1. The van der Waals surface area contributed by atoms with E-state index in [-0.39, 0.29) is 5.69 Å². The number of nitrogens with one attached hydrogen (secondary N) is 1. The van der Waals surface area contributed by atoms with Gasteiger partial charge in [0, 0.05) is 6.54 Å². The second-order valence-electron chi connectivity index (χ2n) is 5.63. The van der Waals surface area contributed by atoms with Gasteiger partial charge in [-0.1, -0.05) is 19.4 Å². The Hall–Kier alpha value is -1.29. The van der Waals surface area contributed by atoms with E-state index in [1.54, 1.807) is 12.1 Å². The Bertz CT molecular complexity index is 428. The first-order valence-corrected chi connectivity index (χ1v) is 7.04. The number of rotatable bonds is 4. The predicted molar refractivity (Wildman–Crippen MR) is 76.5 cm³/mol. The Morgan fingerprint density at radius 3 is 2.74 bits per heavy atom. The molecule has 4 N–H and O–H groups in total. The van der Waals surface area contributed by atoms with Gasteiger partial charge >= 0.3 is 0 Å². The van der Waals surface area contributed by atoms with Crippen LogP contribution in [-0.4, -0.2) is 17.3 Å². The second kappa shape index (κ2) is 5.78. The summed E-state index contributed by atoms with van der Waals surface area (Å²) in [7, 11) is 0. The van der Waals surface area contributed by atoms with Crippen LogP contribution < -0.4 is 11.1 Å². The standard InChI is InChI=1S/C15H23FN2O/c1-2-11-6-8-15(19,9-7-11)10-18-13-5-3-4-12(16)14(13)17/h3-5,11,18-19H,2,6-10,17H2,1H3. The smallest absolute Gasteiger partial charge is 0.148 e. The highest BCUT2D eigenvalue weighted by Crippen LogP contribution is 2.34. The van der Waals surface area contributed by atoms with Crippen molar-refractivity contribution < 1.29 is 9.50 Å². The largest absolute Gasteiger partial charge is 0.395 e. The number of nitrogen functional groups attached to an aromatic ring is 1. The molecule has 0 aliphatic heterocycles. The molecule has 0 unspecified atom stereocenters. The first-order valence-electron chi connectivity index (χ1n) is 7.04. The van der Waals surface area contributed by atoms with Gasteiger partial charge in [-0.3, -0.25) is 0 Å². The minimum Gasteiger partial charge on any atom is -0.395 e. The fourth-order valence-corrected chi connectivity index (χ4v) is 2.75. The van der Waals surface area contributed by atoms with Crippen LogP contribution in [0.25, 0.3) is 0 Å². The minimum atomic E-state index is -0.690. The van der Waals surface area contributed by atoms with Gasteiger partial charge in [0.15, 0.2) is 0 Å². The Balaban J connectivity index is 1.93. The summed E-state index contributed by atoms with van der Waals surface area (Å²) in [5.74, 6) is 0.311. The first kappa shape index (κ1) is 14.1. The summed E-state index contributed by atoms with van der Waals surface area (Å²) in [6, 6.07) is 4.69. The molecule has 19 heavy (non-hydrogen) atoms. The van der Waals surface area contributed by atoms with Crippen molar-refractivity contribution in [3.8, 4) is 0 Å². The lowest BCUT2D eigenvalue weighted by molar-refractivity contribution is 0.00230. The summed E-state index contributed by atoms with van der Waals surface area (Å²) < 4.78 is 13.3. The zero-order chi connectivity index (χ0) is 13.9. The van der Waals surface area contributed by atoms with E-state index < -0.39 is 11.4 Å². The zero-order valence-electron chi connectivity index (χ0n) is 11.5. The van der Waals surface area contributed by atoms with Crippen LogP contribution in [-0.2, 0) is 0 Å². The van der Waals surface area contributed by atoms with Crippen molar-refractivity contribution in [2.45, 2.75) is 44.6 Å². The molecule has 106 valence electrons. The summed E-state index contributed by atoms with van der Waals surface area (Å²) in [6.45, 7) is 2.62. The number of hydrogen-bond acceptors (Lipinski definition) is 3. The number of aliphatic hydroxyl groups is 1. The Morgan fingerprint density at radius 2 is 2.11 bits per heavy atom. The van der Waals surface area contributed by atoms with E-state index in [0.29, 0.717) is 12.2 Å². The maximum Gasteiger partial charge on any atom is 0.148 e. The van der Waals surface area contributed by atoms with E-state index in [2.05, 4.69) is 12.2 Å². The van der Waals surface area contributed by atoms with Gasteiger partial charge < -0.3 is 16.2 Å². The van der Waals surface area contributed by atoms with Gasteiger partial charge in [0.1, 0.15) is 5.82 Å². The molecule has 3 nitrogen and oxygen atoms in total. The van der Waals surface area contributed by atoms with Crippen LogP contribution in [0, 0.1) is 11.7 Å². The van der Waals surface area contributed by atoms with Crippen molar-refractivity contribution >= 4 is 11.4 Å². The molecule has 4 heteroatoms. The molecule has 0 spiro atoms.